The van der Waals surface area contributed by atoms with Crippen molar-refractivity contribution in [1.29, 1.82) is 0 Å². The van der Waals surface area contributed by atoms with Crippen molar-refractivity contribution in [2.24, 2.45) is 10.9 Å². The van der Waals surface area contributed by atoms with Crippen molar-refractivity contribution in [2.45, 2.75) is 32.2 Å². The Bertz CT molecular complexity index is 539. The summed E-state index contributed by atoms with van der Waals surface area (Å²) >= 11 is 0. The Hall–Kier alpha value is -1.06. The first kappa shape index (κ1) is 24.0. The standard InChI is InChI=1S/C20H33N3O3.HI/c1-21-20(22-11-5-6-12-25-14-13-24-2)23-15-18-7-3-4-8-19(18)26-16-17-9-10-17;/h3-4,7-8,17H,5-6,9-16H2,1-2H3,(H2,21,22,23);1H. The second kappa shape index (κ2) is 14.9. The van der Waals surface area contributed by atoms with Gasteiger partial charge >= 0.3 is 0 Å². The lowest BCUT2D eigenvalue weighted by Crippen LogP contribution is -2.37. The molecule has 0 radical (unpaired) electrons. The van der Waals surface area contributed by atoms with E-state index in [9.17, 15) is 0 Å². The number of guanidine groups is 1. The maximum atomic E-state index is 5.96. The van der Waals surface area contributed by atoms with Crippen LogP contribution in [0.4, 0.5) is 0 Å². The highest BCUT2D eigenvalue weighted by Gasteiger charge is 2.22. The van der Waals surface area contributed by atoms with E-state index >= 15 is 0 Å². The van der Waals surface area contributed by atoms with Crippen LogP contribution in [-0.2, 0) is 16.0 Å². The number of methoxy groups -OCH3 is 1. The fourth-order valence-corrected chi connectivity index (χ4v) is 2.46. The number of hydrogen-bond donors (Lipinski definition) is 2. The van der Waals surface area contributed by atoms with E-state index in [1.54, 1.807) is 14.2 Å². The summed E-state index contributed by atoms with van der Waals surface area (Å²) in [5.74, 6) is 2.53. The van der Waals surface area contributed by atoms with Crippen LogP contribution in [0, 0.1) is 5.92 Å². The van der Waals surface area contributed by atoms with Crippen molar-refractivity contribution < 1.29 is 14.2 Å². The number of nitrogens with zero attached hydrogens (tertiary/aromatic N) is 1. The topological polar surface area (TPSA) is 64.1 Å². The van der Waals surface area contributed by atoms with Gasteiger partial charge in [0, 0.05) is 39.4 Å². The van der Waals surface area contributed by atoms with E-state index in [0.29, 0.717) is 19.8 Å². The average molecular weight is 491 g/mol. The molecule has 1 aliphatic rings. The molecule has 27 heavy (non-hydrogen) atoms. The molecule has 0 spiro atoms. The molecule has 1 saturated carbocycles. The lowest BCUT2D eigenvalue weighted by atomic mass is 10.2. The minimum absolute atomic E-state index is 0. The largest absolute Gasteiger partial charge is 0.493 e. The molecule has 0 amide bonds. The number of benzene rings is 1. The minimum atomic E-state index is 0. The Morgan fingerprint density at radius 1 is 1.11 bits per heavy atom. The summed E-state index contributed by atoms with van der Waals surface area (Å²) < 4.78 is 16.4. The Kier molecular flexibility index (Phi) is 13.3. The van der Waals surface area contributed by atoms with Crippen LogP contribution in [0.1, 0.15) is 31.2 Å². The molecule has 0 aliphatic heterocycles. The highest BCUT2D eigenvalue weighted by molar-refractivity contribution is 14.0. The summed E-state index contributed by atoms with van der Waals surface area (Å²) in [5.41, 5.74) is 1.16. The van der Waals surface area contributed by atoms with Gasteiger partial charge in [0.15, 0.2) is 5.96 Å². The second-order valence-corrected chi connectivity index (χ2v) is 6.53. The number of rotatable bonds is 13. The third kappa shape index (κ3) is 10.8. The molecule has 1 aromatic carbocycles. The van der Waals surface area contributed by atoms with Crippen LogP contribution >= 0.6 is 24.0 Å². The van der Waals surface area contributed by atoms with Gasteiger partial charge in [0.1, 0.15) is 5.75 Å². The second-order valence-electron chi connectivity index (χ2n) is 6.53. The third-order valence-electron chi connectivity index (χ3n) is 4.25. The summed E-state index contributed by atoms with van der Waals surface area (Å²) in [4.78, 5) is 4.28. The molecule has 1 aromatic rings. The number of nitrogens with one attached hydrogen (secondary N) is 2. The molecule has 0 atom stereocenters. The van der Waals surface area contributed by atoms with Crippen LogP contribution in [0.3, 0.4) is 0 Å². The maximum absolute atomic E-state index is 5.96. The van der Waals surface area contributed by atoms with Crippen molar-refractivity contribution in [2.75, 3.05) is 47.1 Å². The lowest BCUT2D eigenvalue weighted by Gasteiger charge is -2.15. The van der Waals surface area contributed by atoms with Gasteiger partial charge in [-0.25, -0.2) is 0 Å². The van der Waals surface area contributed by atoms with Crippen molar-refractivity contribution in [3.05, 3.63) is 29.8 Å². The zero-order chi connectivity index (χ0) is 18.5. The summed E-state index contributed by atoms with van der Waals surface area (Å²) in [6.45, 7) is 4.48. The van der Waals surface area contributed by atoms with E-state index in [2.05, 4.69) is 21.7 Å². The predicted octanol–water partition coefficient (Wildman–Crippen LogP) is 3.20. The molecule has 0 heterocycles. The summed E-state index contributed by atoms with van der Waals surface area (Å²) in [5, 5.41) is 6.70. The number of halogens is 1. The third-order valence-corrected chi connectivity index (χ3v) is 4.25. The van der Waals surface area contributed by atoms with Crippen molar-refractivity contribution in [3.8, 4) is 5.75 Å². The van der Waals surface area contributed by atoms with Gasteiger partial charge in [-0.3, -0.25) is 4.99 Å². The predicted molar refractivity (Wildman–Crippen MR) is 120 cm³/mol. The van der Waals surface area contributed by atoms with E-state index in [1.165, 1.54) is 12.8 Å². The van der Waals surface area contributed by atoms with Crippen LogP contribution in [0.5, 0.6) is 5.75 Å². The van der Waals surface area contributed by atoms with Gasteiger partial charge in [0.2, 0.25) is 0 Å². The monoisotopic (exact) mass is 491 g/mol. The summed E-state index contributed by atoms with van der Waals surface area (Å²) in [7, 11) is 3.47. The van der Waals surface area contributed by atoms with Crippen molar-refractivity contribution in [1.82, 2.24) is 10.6 Å². The first-order valence-corrected chi connectivity index (χ1v) is 9.55. The van der Waals surface area contributed by atoms with Gasteiger partial charge in [0.05, 0.1) is 19.8 Å². The smallest absolute Gasteiger partial charge is 0.191 e. The SMILES string of the molecule is CN=C(NCCCCOCCOC)NCc1ccccc1OCC1CC1.I. The molecule has 1 fully saturated rings. The zero-order valence-corrected chi connectivity index (χ0v) is 18.9. The molecule has 2 N–H and O–H groups in total. The summed E-state index contributed by atoms with van der Waals surface area (Å²) in [6, 6.07) is 8.20. The van der Waals surface area contributed by atoms with E-state index in [-0.39, 0.29) is 24.0 Å². The normalized spacial score (nSPS) is 13.8. The molecule has 154 valence electrons. The van der Waals surface area contributed by atoms with Crippen LogP contribution < -0.4 is 15.4 Å². The first-order chi connectivity index (χ1) is 12.8. The Morgan fingerprint density at radius 3 is 2.67 bits per heavy atom. The number of ether oxygens (including phenoxy) is 3. The van der Waals surface area contributed by atoms with Gasteiger partial charge < -0.3 is 24.8 Å². The summed E-state index contributed by atoms with van der Waals surface area (Å²) in [6.07, 6.45) is 4.66. The number of para-hydroxylation sites is 1. The minimum Gasteiger partial charge on any atom is -0.493 e. The molecule has 1 aliphatic carbocycles. The van der Waals surface area contributed by atoms with E-state index in [4.69, 9.17) is 14.2 Å². The Labute approximate surface area is 180 Å². The molecule has 0 aromatic heterocycles. The fourth-order valence-electron chi connectivity index (χ4n) is 2.46. The molecule has 0 unspecified atom stereocenters. The fraction of sp³-hybridized carbons (Fsp3) is 0.650. The molecule has 0 saturated heterocycles. The van der Waals surface area contributed by atoms with Gasteiger partial charge in [-0.05, 0) is 37.7 Å². The molecular weight excluding hydrogens is 457 g/mol. The van der Waals surface area contributed by atoms with Gasteiger partial charge in [-0.1, -0.05) is 18.2 Å². The lowest BCUT2D eigenvalue weighted by molar-refractivity contribution is 0.0689. The number of unbranched alkanes of at least 4 members (excludes halogenated alkanes) is 1. The molecule has 2 rings (SSSR count). The molecule has 0 bridgehead atoms. The van der Waals surface area contributed by atoms with Gasteiger partial charge in [0.25, 0.3) is 0 Å². The van der Waals surface area contributed by atoms with Gasteiger partial charge in [-0.2, -0.15) is 0 Å². The Balaban J connectivity index is 0.00000364. The Morgan fingerprint density at radius 2 is 1.93 bits per heavy atom. The first-order valence-electron chi connectivity index (χ1n) is 9.55. The molecule has 6 nitrogen and oxygen atoms in total. The molecule has 7 heteroatoms. The average Bonchev–Trinajstić information content (AvgIpc) is 3.50. The van der Waals surface area contributed by atoms with Gasteiger partial charge in [-0.15, -0.1) is 24.0 Å². The highest BCUT2D eigenvalue weighted by atomic mass is 127. The maximum Gasteiger partial charge on any atom is 0.191 e. The molecular formula is C20H34IN3O3. The zero-order valence-electron chi connectivity index (χ0n) is 16.5. The van der Waals surface area contributed by atoms with Crippen molar-refractivity contribution >= 4 is 29.9 Å². The van der Waals surface area contributed by atoms with Crippen LogP contribution in [0.25, 0.3) is 0 Å². The quantitative estimate of drug-likeness (QED) is 0.192. The van der Waals surface area contributed by atoms with Crippen LogP contribution in [0.2, 0.25) is 0 Å². The van der Waals surface area contributed by atoms with Crippen molar-refractivity contribution in [3.63, 3.8) is 0 Å². The highest BCUT2D eigenvalue weighted by Crippen LogP contribution is 2.30. The number of hydrogen-bond acceptors (Lipinski definition) is 4. The van der Waals surface area contributed by atoms with E-state index < -0.39 is 0 Å². The van der Waals surface area contributed by atoms with Crippen LogP contribution in [-0.4, -0.2) is 53.1 Å². The van der Waals surface area contributed by atoms with Crippen LogP contribution in [0.15, 0.2) is 29.3 Å². The van der Waals surface area contributed by atoms with E-state index in [0.717, 1.165) is 55.8 Å². The number of aliphatic imine (C=N–C) groups is 1. The van der Waals surface area contributed by atoms with E-state index in [1.807, 2.05) is 18.2 Å².